The lowest BCUT2D eigenvalue weighted by atomic mass is 9.97. The Morgan fingerprint density at radius 2 is 1.91 bits per heavy atom. The van der Waals surface area contributed by atoms with E-state index in [1.807, 2.05) is 6.92 Å². The molecule has 1 amide bonds. The summed E-state index contributed by atoms with van der Waals surface area (Å²) in [5, 5.41) is 10.2. The molecule has 4 rings (SSSR count). The number of halogens is 4. The molecule has 2 heterocycles. The molecule has 3 aromatic rings. The molecule has 2 aromatic carbocycles. The molecular weight excluding hydrogens is 445 g/mol. The summed E-state index contributed by atoms with van der Waals surface area (Å²) >= 11 is 5.90. The molecule has 0 unspecified atom stereocenters. The molecule has 1 aliphatic heterocycles. The number of fused-ring (bicyclic) bond motifs is 1. The minimum atomic E-state index is -4.53. The van der Waals surface area contributed by atoms with Gasteiger partial charge in [0.2, 0.25) is 0 Å². The topological polar surface area (TPSA) is 68.2 Å². The third-order valence-electron chi connectivity index (χ3n) is 5.12. The van der Waals surface area contributed by atoms with E-state index in [0.717, 1.165) is 4.68 Å². The summed E-state index contributed by atoms with van der Waals surface area (Å²) in [6, 6.07) is 12.1. The molecule has 0 bridgehead atoms. The minimum Gasteiger partial charge on any atom is -0.494 e. The number of amides is 1. The highest BCUT2D eigenvalue weighted by Crippen LogP contribution is 2.43. The smallest absolute Gasteiger partial charge is 0.410 e. The highest BCUT2D eigenvalue weighted by molar-refractivity contribution is 6.30. The number of carbonyl (C=O) groups is 1. The van der Waals surface area contributed by atoms with E-state index in [0.29, 0.717) is 28.6 Å². The van der Waals surface area contributed by atoms with Crippen LogP contribution in [0.2, 0.25) is 5.02 Å². The van der Waals surface area contributed by atoms with E-state index >= 15 is 0 Å². The zero-order chi connectivity index (χ0) is 22.9. The van der Waals surface area contributed by atoms with E-state index in [-0.39, 0.29) is 17.9 Å². The maximum atomic E-state index is 13.8. The molecule has 168 valence electrons. The molecule has 2 atom stereocenters. The van der Waals surface area contributed by atoms with Gasteiger partial charge in [-0.1, -0.05) is 23.7 Å². The van der Waals surface area contributed by atoms with Gasteiger partial charge in [-0.05, 0) is 48.9 Å². The van der Waals surface area contributed by atoms with Gasteiger partial charge in [-0.15, -0.1) is 0 Å². The van der Waals surface area contributed by atoms with Gasteiger partial charge < -0.3 is 15.4 Å². The van der Waals surface area contributed by atoms with Crippen LogP contribution >= 0.6 is 11.6 Å². The summed E-state index contributed by atoms with van der Waals surface area (Å²) in [6.07, 6.45) is -4.80. The molecule has 1 aliphatic rings. The van der Waals surface area contributed by atoms with Crippen molar-refractivity contribution in [3.8, 4) is 5.75 Å². The summed E-state index contributed by atoms with van der Waals surface area (Å²) in [4.78, 5) is 12.6. The molecule has 0 saturated carbocycles. The Hall–Kier alpha value is -3.20. The maximum Gasteiger partial charge on any atom is 0.410 e. The van der Waals surface area contributed by atoms with Crippen LogP contribution in [0.1, 0.15) is 41.5 Å². The number of carbonyl (C=O) groups excluding carboxylic acids is 1. The summed E-state index contributed by atoms with van der Waals surface area (Å²) in [6.45, 7) is 2.37. The van der Waals surface area contributed by atoms with Gasteiger partial charge >= 0.3 is 6.18 Å². The average Bonchev–Trinajstić information content (AvgIpc) is 3.19. The normalized spacial score (nSPS) is 17.9. The largest absolute Gasteiger partial charge is 0.494 e. The van der Waals surface area contributed by atoms with E-state index in [1.54, 1.807) is 48.5 Å². The lowest BCUT2D eigenvalue weighted by Crippen LogP contribution is -2.35. The molecule has 10 heteroatoms. The Bertz CT molecular complexity index is 1100. The highest BCUT2D eigenvalue weighted by Gasteiger charge is 2.46. The van der Waals surface area contributed by atoms with Gasteiger partial charge in [-0.3, -0.25) is 4.79 Å². The van der Waals surface area contributed by atoms with Gasteiger partial charge in [-0.2, -0.15) is 18.3 Å². The Morgan fingerprint density at radius 1 is 1.22 bits per heavy atom. The van der Waals surface area contributed by atoms with Crippen molar-refractivity contribution in [3.63, 3.8) is 0 Å². The average molecular weight is 465 g/mol. The molecule has 0 saturated heterocycles. The Labute approximate surface area is 187 Å². The molecule has 2 N–H and O–H groups in total. The number of alkyl halides is 3. The molecule has 6 nitrogen and oxygen atoms in total. The van der Waals surface area contributed by atoms with Crippen LogP contribution in [-0.2, 0) is 0 Å². The molecule has 0 radical (unpaired) electrons. The lowest BCUT2D eigenvalue weighted by molar-refractivity contribution is -0.173. The van der Waals surface area contributed by atoms with Crippen LogP contribution in [0.3, 0.4) is 0 Å². The van der Waals surface area contributed by atoms with Gasteiger partial charge in [-0.25, -0.2) is 4.68 Å². The number of hydrogen-bond acceptors (Lipinski definition) is 4. The van der Waals surface area contributed by atoms with Crippen LogP contribution in [-0.4, -0.2) is 28.5 Å². The Balaban J connectivity index is 1.58. The monoisotopic (exact) mass is 464 g/mol. The summed E-state index contributed by atoms with van der Waals surface area (Å²) < 4.78 is 47.6. The van der Waals surface area contributed by atoms with Crippen molar-refractivity contribution < 1.29 is 22.7 Å². The van der Waals surface area contributed by atoms with E-state index < -0.39 is 24.2 Å². The maximum absolute atomic E-state index is 13.8. The summed E-state index contributed by atoms with van der Waals surface area (Å²) in [7, 11) is 0. The number of anilines is 2. The Morgan fingerprint density at radius 3 is 2.53 bits per heavy atom. The molecule has 0 aliphatic carbocycles. The highest BCUT2D eigenvalue weighted by atomic mass is 35.5. The fourth-order valence-corrected chi connectivity index (χ4v) is 3.72. The predicted molar refractivity (Wildman–Crippen MR) is 115 cm³/mol. The second-order valence-electron chi connectivity index (χ2n) is 7.31. The van der Waals surface area contributed by atoms with Crippen molar-refractivity contribution in [2.75, 3.05) is 17.2 Å². The summed E-state index contributed by atoms with van der Waals surface area (Å²) in [5.74, 6) is 0.158. The van der Waals surface area contributed by atoms with Crippen molar-refractivity contribution >= 4 is 29.0 Å². The number of nitrogens with zero attached hydrogens (tertiary/aromatic N) is 2. The van der Waals surface area contributed by atoms with Crippen molar-refractivity contribution in [2.24, 2.45) is 0 Å². The second kappa shape index (κ2) is 8.74. The summed E-state index contributed by atoms with van der Waals surface area (Å²) in [5.41, 5.74) is 1.02. The van der Waals surface area contributed by atoms with Crippen LogP contribution in [0.5, 0.6) is 5.75 Å². The fourth-order valence-electron chi connectivity index (χ4n) is 3.59. The van der Waals surface area contributed by atoms with Crippen LogP contribution < -0.4 is 15.4 Å². The van der Waals surface area contributed by atoms with Crippen LogP contribution in [0.15, 0.2) is 54.6 Å². The minimum absolute atomic E-state index is 0.118. The van der Waals surface area contributed by atoms with Crippen molar-refractivity contribution in [2.45, 2.75) is 31.6 Å². The molecule has 0 fully saturated rings. The predicted octanol–water partition coefficient (Wildman–Crippen LogP) is 5.85. The molecular formula is C22H20ClF3N4O2. The number of nitrogens with one attached hydrogen (secondary N) is 2. The van der Waals surface area contributed by atoms with Gasteiger partial charge in [0, 0.05) is 23.2 Å². The van der Waals surface area contributed by atoms with Crippen molar-refractivity contribution in [1.82, 2.24) is 9.78 Å². The SMILES string of the molecule is CCOc1ccc(NC(=O)c2cc3n(n2)[C@H](C(F)(F)F)C[C@@H](c2ccc(Cl)cc2)N3)cc1. The first kappa shape index (κ1) is 22.0. The second-order valence-corrected chi connectivity index (χ2v) is 7.75. The van der Waals surface area contributed by atoms with E-state index in [2.05, 4.69) is 15.7 Å². The molecule has 1 aromatic heterocycles. The van der Waals surface area contributed by atoms with E-state index in [1.165, 1.54) is 6.07 Å². The Kier molecular flexibility index (Phi) is 6.01. The van der Waals surface area contributed by atoms with Crippen LogP contribution in [0.4, 0.5) is 24.7 Å². The standard InChI is InChI=1S/C22H20ClF3N4O2/c1-2-32-16-9-7-15(8-10-16)27-21(31)18-12-20-28-17(13-3-5-14(23)6-4-13)11-19(22(24,25)26)30(20)29-18/h3-10,12,17,19,28H,2,11H2,1H3,(H,27,31)/t17-,19-/m0/s1. The number of rotatable bonds is 5. The first-order valence-corrected chi connectivity index (χ1v) is 10.3. The van der Waals surface area contributed by atoms with Gasteiger partial charge in [0.15, 0.2) is 11.7 Å². The zero-order valence-corrected chi connectivity index (χ0v) is 17.7. The first-order chi connectivity index (χ1) is 15.2. The number of benzene rings is 2. The van der Waals surface area contributed by atoms with Gasteiger partial charge in [0.05, 0.1) is 12.6 Å². The van der Waals surface area contributed by atoms with Gasteiger partial charge in [0.1, 0.15) is 11.6 Å². The molecule has 0 spiro atoms. The van der Waals surface area contributed by atoms with Crippen molar-refractivity contribution in [1.29, 1.82) is 0 Å². The lowest BCUT2D eigenvalue weighted by Gasteiger charge is -2.33. The zero-order valence-electron chi connectivity index (χ0n) is 17.0. The van der Waals surface area contributed by atoms with Crippen LogP contribution in [0.25, 0.3) is 0 Å². The quantitative estimate of drug-likeness (QED) is 0.497. The third-order valence-corrected chi connectivity index (χ3v) is 5.37. The third kappa shape index (κ3) is 4.67. The van der Waals surface area contributed by atoms with Crippen molar-refractivity contribution in [3.05, 3.63) is 70.9 Å². The fraction of sp³-hybridized carbons (Fsp3) is 0.273. The number of aromatic nitrogens is 2. The number of ether oxygens (including phenoxy) is 1. The van der Waals surface area contributed by atoms with E-state index in [9.17, 15) is 18.0 Å². The van der Waals surface area contributed by atoms with Crippen LogP contribution in [0, 0.1) is 0 Å². The molecule has 32 heavy (non-hydrogen) atoms. The first-order valence-electron chi connectivity index (χ1n) is 9.97. The van der Waals surface area contributed by atoms with E-state index in [4.69, 9.17) is 16.3 Å². The van der Waals surface area contributed by atoms with Gasteiger partial charge in [0.25, 0.3) is 5.91 Å². The number of hydrogen-bond donors (Lipinski definition) is 2.